The fourth-order valence-electron chi connectivity index (χ4n) is 2.21. The van der Waals surface area contributed by atoms with Gasteiger partial charge in [-0.2, -0.15) is 14.9 Å². The number of benzene rings is 2. The molecule has 7 heteroatoms. The van der Waals surface area contributed by atoms with Gasteiger partial charge in [0.15, 0.2) is 5.82 Å². The minimum absolute atomic E-state index is 0.309. The van der Waals surface area contributed by atoms with Gasteiger partial charge >= 0.3 is 0 Å². The maximum Gasteiger partial charge on any atom is 0.216 e. The Hall–Kier alpha value is -2.80. The van der Waals surface area contributed by atoms with Gasteiger partial charge in [-0.05, 0) is 37.3 Å². The van der Waals surface area contributed by atoms with Gasteiger partial charge in [0, 0.05) is 5.56 Å². The van der Waals surface area contributed by atoms with Gasteiger partial charge in [0.1, 0.15) is 11.6 Å². The van der Waals surface area contributed by atoms with Gasteiger partial charge in [0.2, 0.25) is 4.77 Å². The van der Waals surface area contributed by atoms with Crippen molar-refractivity contribution in [1.82, 2.24) is 14.9 Å². The summed E-state index contributed by atoms with van der Waals surface area (Å²) in [7, 11) is 0. The van der Waals surface area contributed by atoms with Crippen molar-refractivity contribution in [3.05, 3.63) is 64.7 Å². The topological polar surface area (TPSA) is 55.2 Å². The van der Waals surface area contributed by atoms with Crippen molar-refractivity contribution in [1.29, 1.82) is 0 Å². The standard InChI is InChI=1S/C17H15FN4OS/c1-2-23-15-10-6-4-8-13(15)16-20-21-17(24)22(16)19-11-12-7-3-5-9-14(12)18/h3-11H,2H2,1H3,(H,21,24)/b19-11+. The molecule has 0 spiro atoms. The van der Waals surface area contributed by atoms with Gasteiger partial charge in [-0.15, -0.1) is 0 Å². The molecule has 1 N–H and O–H groups in total. The molecule has 1 aromatic heterocycles. The summed E-state index contributed by atoms with van der Waals surface area (Å²) in [6, 6.07) is 13.8. The van der Waals surface area contributed by atoms with E-state index < -0.39 is 0 Å². The summed E-state index contributed by atoms with van der Waals surface area (Å²) in [6.07, 6.45) is 1.41. The first-order valence-corrected chi connectivity index (χ1v) is 7.80. The molecule has 0 aliphatic heterocycles. The Bertz CT molecular complexity index is 932. The SMILES string of the molecule is CCOc1ccccc1-c1n[nH]c(=S)n1/N=C/c1ccccc1F. The molecule has 0 unspecified atom stereocenters. The van der Waals surface area contributed by atoms with E-state index >= 15 is 0 Å². The first-order chi connectivity index (χ1) is 11.7. The molecule has 0 radical (unpaired) electrons. The lowest BCUT2D eigenvalue weighted by Gasteiger charge is -2.08. The van der Waals surface area contributed by atoms with E-state index in [0.717, 1.165) is 5.56 Å². The van der Waals surface area contributed by atoms with Crippen LogP contribution in [0.1, 0.15) is 12.5 Å². The Morgan fingerprint density at radius 1 is 1.25 bits per heavy atom. The van der Waals surface area contributed by atoms with Crippen molar-refractivity contribution in [2.45, 2.75) is 6.92 Å². The van der Waals surface area contributed by atoms with Crippen LogP contribution in [0.3, 0.4) is 0 Å². The maximum atomic E-state index is 13.7. The Kier molecular flexibility index (Phi) is 4.81. The molecule has 24 heavy (non-hydrogen) atoms. The van der Waals surface area contributed by atoms with Gasteiger partial charge in [0.25, 0.3) is 0 Å². The van der Waals surface area contributed by atoms with Gasteiger partial charge in [-0.25, -0.2) is 9.49 Å². The van der Waals surface area contributed by atoms with Gasteiger partial charge < -0.3 is 4.74 Å². The zero-order valence-electron chi connectivity index (χ0n) is 12.9. The maximum absolute atomic E-state index is 13.7. The summed E-state index contributed by atoms with van der Waals surface area (Å²) in [5.74, 6) is 0.820. The van der Waals surface area contributed by atoms with Gasteiger partial charge in [-0.1, -0.05) is 30.3 Å². The number of aromatic amines is 1. The lowest BCUT2D eigenvalue weighted by molar-refractivity contribution is 0.341. The quantitative estimate of drug-likeness (QED) is 0.563. The van der Waals surface area contributed by atoms with Crippen LogP contribution in [0.25, 0.3) is 11.4 Å². The number of halogens is 1. The molecular weight excluding hydrogens is 327 g/mol. The second-order valence-corrected chi connectivity index (χ2v) is 5.25. The molecule has 0 fully saturated rings. The zero-order chi connectivity index (χ0) is 16.9. The molecular formula is C17H15FN4OS. The number of para-hydroxylation sites is 1. The monoisotopic (exact) mass is 342 g/mol. The number of H-pyrrole nitrogens is 1. The summed E-state index contributed by atoms with van der Waals surface area (Å²) in [6.45, 7) is 2.44. The number of nitrogens with one attached hydrogen (secondary N) is 1. The Balaban J connectivity index is 2.05. The summed E-state index contributed by atoms with van der Waals surface area (Å²) in [5, 5.41) is 11.2. The van der Waals surface area contributed by atoms with Crippen LogP contribution in [0, 0.1) is 10.6 Å². The second-order valence-electron chi connectivity index (χ2n) is 4.86. The number of hydrogen-bond donors (Lipinski definition) is 1. The predicted octanol–water partition coefficient (Wildman–Crippen LogP) is 4.03. The summed E-state index contributed by atoms with van der Waals surface area (Å²) < 4.78 is 21.1. The fourth-order valence-corrected chi connectivity index (χ4v) is 2.38. The average Bonchev–Trinajstić information content (AvgIpc) is 2.96. The van der Waals surface area contributed by atoms with E-state index in [2.05, 4.69) is 15.3 Å². The molecule has 122 valence electrons. The first-order valence-electron chi connectivity index (χ1n) is 7.39. The Morgan fingerprint density at radius 3 is 2.79 bits per heavy atom. The molecule has 0 saturated carbocycles. The van der Waals surface area contributed by atoms with Crippen LogP contribution >= 0.6 is 12.2 Å². The molecule has 0 bridgehead atoms. The summed E-state index contributed by atoms with van der Waals surface area (Å²) in [5.41, 5.74) is 1.11. The molecule has 3 aromatic rings. The highest BCUT2D eigenvalue weighted by Gasteiger charge is 2.13. The largest absolute Gasteiger partial charge is 0.493 e. The van der Waals surface area contributed by atoms with E-state index in [1.54, 1.807) is 18.2 Å². The fraction of sp³-hybridized carbons (Fsp3) is 0.118. The van der Waals surface area contributed by atoms with E-state index in [1.807, 2.05) is 31.2 Å². The number of nitrogens with zero attached hydrogens (tertiary/aromatic N) is 3. The molecule has 5 nitrogen and oxygen atoms in total. The lowest BCUT2D eigenvalue weighted by Crippen LogP contribution is -1.99. The van der Waals surface area contributed by atoms with Crippen molar-refractivity contribution >= 4 is 18.4 Å². The van der Waals surface area contributed by atoms with Crippen LogP contribution in [0.4, 0.5) is 4.39 Å². The number of rotatable bonds is 5. The first kappa shape index (κ1) is 16.1. The smallest absolute Gasteiger partial charge is 0.216 e. The van der Waals surface area contributed by atoms with Crippen molar-refractivity contribution in [2.24, 2.45) is 5.10 Å². The highest BCUT2D eigenvalue weighted by atomic mass is 32.1. The normalized spacial score (nSPS) is 11.1. The van der Waals surface area contributed by atoms with Crippen LogP contribution in [0.15, 0.2) is 53.6 Å². The third kappa shape index (κ3) is 3.26. The van der Waals surface area contributed by atoms with Gasteiger partial charge in [-0.3, -0.25) is 0 Å². The highest BCUT2D eigenvalue weighted by Crippen LogP contribution is 2.28. The molecule has 0 amide bonds. The molecule has 0 aliphatic carbocycles. The number of aromatic nitrogens is 3. The highest BCUT2D eigenvalue weighted by molar-refractivity contribution is 7.71. The van der Waals surface area contributed by atoms with Crippen molar-refractivity contribution < 1.29 is 9.13 Å². The van der Waals surface area contributed by atoms with Crippen LogP contribution in [0.2, 0.25) is 0 Å². The van der Waals surface area contributed by atoms with E-state index in [4.69, 9.17) is 17.0 Å². The van der Waals surface area contributed by atoms with Crippen LogP contribution in [-0.4, -0.2) is 27.7 Å². The zero-order valence-corrected chi connectivity index (χ0v) is 13.8. The predicted molar refractivity (Wildman–Crippen MR) is 93.4 cm³/mol. The molecule has 3 rings (SSSR count). The van der Waals surface area contributed by atoms with Crippen molar-refractivity contribution in [2.75, 3.05) is 6.61 Å². The van der Waals surface area contributed by atoms with Crippen LogP contribution in [0.5, 0.6) is 5.75 Å². The molecule has 0 atom stereocenters. The second kappa shape index (κ2) is 7.18. The summed E-state index contributed by atoms with van der Waals surface area (Å²) >= 11 is 5.23. The number of ether oxygens (including phenoxy) is 1. The molecule has 0 saturated heterocycles. The number of hydrogen-bond acceptors (Lipinski definition) is 4. The minimum Gasteiger partial charge on any atom is -0.493 e. The van der Waals surface area contributed by atoms with E-state index in [1.165, 1.54) is 17.0 Å². The van der Waals surface area contributed by atoms with Crippen molar-refractivity contribution in [3.63, 3.8) is 0 Å². The van der Waals surface area contributed by atoms with Gasteiger partial charge in [0.05, 0.1) is 18.4 Å². The van der Waals surface area contributed by atoms with E-state index in [-0.39, 0.29) is 5.82 Å². The third-order valence-corrected chi connectivity index (χ3v) is 3.56. The molecule has 2 aromatic carbocycles. The minimum atomic E-state index is -0.354. The average molecular weight is 342 g/mol. The van der Waals surface area contributed by atoms with Crippen LogP contribution in [-0.2, 0) is 0 Å². The Labute approximate surface area is 143 Å². The molecule has 1 heterocycles. The third-order valence-electron chi connectivity index (χ3n) is 3.30. The summed E-state index contributed by atoms with van der Waals surface area (Å²) in [4.78, 5) is 0. The Morgan fingerprint density at radius 2 is 2.00 bits per heavy atom. The lowest BCUT2D eigenvalue weighted by atomic mass is 10.2. The van der Waals surface area contributed by atoms with E-state index in [9.17, 15) is 4.39 Å². The van der Waals surface area contributed by atoms with Crippen molar-refractivity contribution in [3.8, 4) is 17.1 Å². The van der Waals surface area contributed by atoms with E-state index in [0.29, 0.717) is 28.5 Å². The van der Waals surface area contributed by atoms with Crippen LogP contribution < -0.4 is 4.74 Å². The molecule has 0 aliphatic rings.